The molecule has 1 saturated heterocycles. The van der Waals surface area contributed by atoms with Crippen LogP contribution in [0.1, 0.15) is 33.6 Å². The molecule has 1 aliphatic rings. The molecule has 0 saturated carbocycles. The summed E-state index contributed by atoms with van der Waals surface area (Å²) >= 11 is 0. The fourth-order valence-corrected chi connectivity index (χ4v) is 7.29. The summed E-state index contributed by atoms with van der Waals surface area (Å²) in [6.45, 7) is -0.499. The van der Waals surface area contributed by atoms with Gasteiger partial charge in [-0.15, -0.1) is 0 Å². The van der Waals surface area contributed by atoms with Crippen molar-refractivity contribution in [1.29, 1.82) is 0 Å². The molecule has 0 bridgehead atoms. The molecule has 1 aliphatic heterocycles. The van der Waals surface area contributed by atoms with Gasteiger partial charge in [0.1, 0.15) is 12.7 Å². The van der Waals surface area contributed by atoms with Gasteiger partial charge in [0.2, 0.25) is 0 Å². The van der Waals surface area contributed by atoms with Crippen molar-refractivity contribution in [3.63, 3.8) is 0 Å². The van der Waals surface area contributed by atoms with E-state index in [4.69, 9.17) is 28.4 Å². The van der Waals surface area contributed by atoms with E-state index in [9.17, 15) is 38.2 Å². The molecule has 16 nitrogen and oxygen atoms in total. The zero-order chi connectivity index (χ0) is 36.4. The summed E-state index contributed by atoms with van der Waals surface area (Å²) in [4.78, 5) is 47.0. The van der Waals surface area contributed by atoms with Crippen molar-refractivity contribution < 1.29 is 56.3 Å². The van der Waals surface area contributed by atoms with Crippen molar-refractivity contribution in [2.75, 3.05) is 33.7 Å². The summed E-state index contributed by atoms with van der Waals surface area (Å²) in [5.41, 5.74) is -0.501. The van der Waals surface area contributed by atoms with Crippen LogP contribution in [-0.4, -0.2) is 94.6 Å². The summed E-state index contributed by atoms with van der Waals surface area (Å²) in [6, 6.07) is 17.3. The maximum absolute atomic E-state index is 13.5. The molecular formula is C33H36N2O14S. The van der Waals surface area contributed by atoms with Gasteiger partial charge in [0, 0.05) is 64.4 Å². The first-order valence-electron chi connectivity index (χ1n) is 15.3. The van der Waals surface area contributed by atoms with Gasteiger partial charge in [-0.05, 0) is 36.4 Å². The number of rotatable bonds is 17. The molecule has 1 heterocycles. The van der Waals surface area contributed by atoms with Gasteiger partial charge in [-0.3, -0.25) is 20.2 Å². The average molecular weight is 717 g/mol. The van der Waals surface area contributed by atoms with E-state index in [0.717, 1.165) is 24.3 Å². The number of benzene rings is 3. The molecule has 50 heavy (non-hydrogen) atoms. The zero-order valence-corrected chi connectivity index (χ0v) is 28.1. The molecule has 0 aliphatic carbocycles. The topological polar surface area (TPSA) is 210 Å². The van der Waals surface area contributed by atoms with Crippen LogP contribution in [0.3, 0.4) is 0 Å². The average Bonchev–Trinajstić information content (AvgIpc) is 3.43. The second-order valence-electron chi connectivity index (χ2n) is 11.3. The van der Waals surface area contributed by atoms with Gasteiger partial charge < -0.3 is 28.4 Å². The van der Waals surface area contributed by atoms with E-state index < -0.39 is 74.9 Å². The van der Waals surface area contributed by atoms with Gasteiger partial charge in [0.25, 0.3) is 11.4 Å². The second kappa shape index (κ2) is 17.2. The van der Waals surface area contributed by atoms with Crippen molar-refractivity contribution in [2.45, 2.75) is 48.4 Å². The van der Waals surface area contributed by atoms with Crippen LogP contribution in [0.15, 0.2) is 83.8 Å². The van der Waals surface area contributed by atoms with Crippen molar-refractivity contribution in [1.82, 2.24) is 0 Å². The lowest BCUT2D eigenvalue weighted by Crippen LogP contribution is -2.38. The number of nitro groups is 2. The number of ether oxygens (including phenoxy) is 6. The number of esters is 2. The number of hydrogen-bond acceptors (Lipinski definition) is 14. The lowest BCUT2D eigenvalue weighted by molar-refractivity contribution is -0.385. The van der Waals surface area contributed by atoms with Crippen molar-refractivity contribution in [3.05, 3.63) is 110 Å². The van der Waals surface area contributed by atoms with Crippen molar-refractivity contribution in [2.24, 2.45) is 5.92 Å². The molecular weight excluding hydrogens is 680 g/mol. The minimum Gasteiger partial charge on any atom is -0.458 e. The van der Waals surface area contributed by atoms with Crippen LogP contribution >= 0.6 is 0 Å². The molecule has 1 fully saturated rings. The van der Waals surface area contributed by atoms with E-state index in [0.29, 0.717) is 0 Å². The van der Waals surface area contributed by atoms with Crippen LogP contribution in [0.4, 0.5) is 11.4 Å². The van der Waals surface area contributed by atoms with Crippen LogP contribution in [0.2, 0.25) is 0 Å². The number of methoxy groups -OCH3 is 3. The highest BCUT2D eigenvalue weighted by Gasteiger charge is 2.48. The third kappa shape index (κ3) is 9.66. The molecule has 5 atom stereocenters. The van der Waals surface area contributed by atoms with Gasteiger partial charge in [-0.1, -0.05) is 18.2 Å². The number of non-ortho nitro benzene ring substituents is 2. The first kappa shape index (κ1) is 38.0. The van der Waals surface area contributed by atoms with Crippen LogP contribution in [-0.2, 0) is 38.3 Å². The minimum absolute atomic E-state index is 0.000602. The van der Waals surface area contributed by atoms with Gasteiger partial charge >= 0.3 is 11.9 Å². The molecule has 3 aromatic carbocycles. The lowest BCUT2D eigenvalue weighted by atomic mass is 9.94. The Bertz CT molecular complexity index is 1730. The predicted octanol–water partition coefficient (Wildman–Crippen LogP) is 4.16. The number of carbonyl (C=O) groups is 2. The van der Waals surface area contributed by atoms with E-state index >= 15 is 0 Å². The first-order valence-corrected chi connectivity index (χ1v) is 16.9. The summed E-state index contributed by atoms with van der Waals surface area (Å²) in [7, 11) is 0.414. The van der Waals surface area contributed by atoms with Crippen molar-refractivity contribution >= 4 is 33.2 Å². The number of nitro benzene ring substituents is 2. The highest BCUT2D eigenvalue weighted by Crippen LogP contribution is 2.37. The molecule has 0 aromatic heterocycles. The molecule has 17 heteroatoms. The Balaban J connectivity index is 1.60. The lowest BCUT2D eigenvalue weighted by Gasteiger charge is -2.26. The molecule has 268 valence electrons. The molecule has 0 amide bonds. The van der Waals surface area contributed by atoms with Gasteiger partial charge in [0.05, 0.1) is 49.9 Å². The first-order chi connectivity index (χ1) is 23.9. The minimum atomic E-state index is -3.83. The SMILES string of the molecule is COC(CC1O[C@H](C[C@@H](COC(=O)c2ccc([N+](=O)[O-])cc2)OC(=O)c2ccc([N+](=O)[O-])cc2)[C@H](OC)[C@H]1CS(=O)(=O)c1ccccc1)OC. The normalized spacial score (nSPS) is 19.5. The molecule has 0 N–H and O–H groups in total. The van der Waals surface area contributed by atoms with E-state index in [1.165, 1.54) is 57.7 Å². The maximum atomic E-state index is 13.5. The smallest absolute Gasteiger partial charge is 0.338 e. The zero-order valence-electron chi connectivity index (χ0n) is 27.3. The Morgan fingerprint density at radius 2 is 1.32 bits per heavy atom. The fraction of sp³-hybridized carbons (Fsp3) is 0.394. The highest BCUT2D eigenvalue weighted by molar-refractivity contribution is 7.91. The maximum Gasteiger partial charge on any atom is 0.338 e. The van der Waals surface area contributed by atoms with E-state index in [1.807, 2.05) is 0 Å². The summed E-state index contributed by atoms with van der Waals surface area (Å²) < 4.78 is 61.1. The molecule has 0 radical (unpaired) electrons. The Kier molecular flexibility index (Phi) is 13.1. The van der Waals surface area contributed by atoms with Crippen LogP contribution < -0.4 is 0 Å². The third-order valence-corrected chi connectivity index (χ3v) is 9.96. The largest absolute Gasteiger partial charge is 0.458 e. The van der Waals surface area contributed by atoms with E-state index in [-0.39, 0.29) is 46.0 Å². The van der Waals surface area contributed by atoms with Crippen LogP contribution in [0, 0.1) is 26.1 Å². The van der Waals surface area contributed by atoms with Crippen LogP contribution in [0.5, 0.6) is 0 Å². The Labute approximate surface area is 287 Å². The highest BCUT2D eigenvalue weighted by atomic mass is 32.2. The van der Waals surface area contributed by atoms with Gasteiger partial charge in [-0.25, -0.2) is 18.0 Å². The molecule has 3 aromatic rings. The molecule has 4 rings (SSSR count). The Hall–Kier alpha value is -4.81. The standard InChI is InChI=1S/C33H36N2O14S/c1-44-30(45-2)18-28-27(20-50(42,43)26-7-5-4-6-8-26)31(46-3)29(49-28)17-25(48-33(37)22-11-15-24(16-12-22)35(40)41)19-47-32(36)21-9-13-23(14-10-21)34(38)39/h4-16,25,27-31H,17-20H2,1-3H3/t25-,27-,28?,29+,31+/m0/s1. The summed E-state index contributed by atoms with van der Waals surface area (Å²) in [5, 5.41) is 22.1. The number of sulfone groups is 1. The quantitative estimate of drug-likeness (QED) is 0.0832. The van der Waals surface area contributed by atoms with Gasteiger partial charge in [0.15, 0.2) is 16.1 Å². The second-order valence-corrected chi connectivity index (χ2v) is 13.3. The molecule has 1 unspecified atom stereocenters. The van der Waals surface area contributed by atoms with E-state index in [1.54, 1.807) is 18.2 Å². The molecule has 0 spiro atoms. The van der Waals surface area contributed by atoms with E-state index in [2.05, 4.69) is 0 Å². The monoisotopic (exact) mass is 716 g/mol. The predicted molar refractivity (Wildman–Crippen MR) is 174 cm³/mol. The summed E-state index contributed by atoms with van der Waals surface area (Å²) in [5.74, 6) is -2.85. The number of hydrogen-bond donors (Lipinski definition) is 0. The Morgan fingerprint density at radius 3 is 1.82 bits per heavy atom. The third-order valence-electron chi connectivity index (χ3n) is 8.15. The van der Waals surface area contributed by atoms with Gasteiger partial charge in [-0.2, -0.15) is 0 Å². The fourth-order valence-electron chi connectivity index (χ4n) is 5.61. The van der Waals surface area contributed by atoms with Crippen molar-refractivity contribution in [3.8, 4) is 0 Å². The number of carbonyl (C=O) groups excluding carboxylic acids is 2. The summed E-state index contributed by atoms with van der Waals surface area (Å²) in [6.07, 6.45) is -4.44. The Morgan fingerprint density at radius 1 is 0.780 bits per heavy atom. The number of nitrogens with zero attached hydrogens (tertiary/aromatic N) is 2. The van der Waals surface area contributed by atoms with Crippen LogP contribution in [0.25, 0.3) is 0 Å².